The number of aromatic nitrogens is 2. The van der Waals surface area contributed by atoms with Crippen molar-refractivity contribution in [3.05, 3.63) is 11.7 Å². The lowest BCUT2D eigenvalue weighted by Gasteiger charge is -2.18. The number of aryl methyl sites for hydroxylation is 1. The second-order valence-electron chi connectivity index (χ2n) is 4.13. The fourth-order valence-electron chi connectivity index (χ4n) is 1.77. The van der Waals surface area contributed by atoms with Crippen LogP contribution in [0.2, 0.25) is 0 Å². The highest BCUT2D eigenvalue weighted by Crippen LogP contribution is 2.16. The zero-order chi connectivity index (χ0) is 12.5. The van der Waals surface area contributed by atoms with Crippen LogP contribution >= 0.6 is 0 Å². The van der Waals surface area contributed by atoms with E-state index in [2.05, 4.69) is 14.9 Å². The summed E-state index contributed by atoms with van der Waals surface area (Å²) < 4.78 is 32.8. The van der Waals surface area contributed by atoms with Gasteiger partial charge in [-0.25, -0.2) is 0 Å². The number of nitrogens with one attached hydrogen (secondary N) is 1. The molecule has 2 rings (SSSR count). The van der Waals surface area contributed by atoms with Gasteiger partial charge in [0.1, 0.15) is 0 Å². The zero-order valence-corrected chi connectivity index (χ0v) is 10.7. The first-order valence-corrected chi connectivity index (χ1v) is 7.00. The molecule has 0 amide bonds. The fourth-order valence-corrected chi connectivity index (χ4v) is 3.20. The maximum atomic E-state index is 11.9. The Kier molecular flexibility index (Phi) is 3.45. The molecule has 1 aliphatic heterocycles. The molecular formula is C9H16N4O3S. The topological polar surface area (TPSA) is 88.3 Å². The molecule has 96 valence electrons. The van der Waals surface area contributed by atoms with E-state index < -0.39 is 16.3 Å². The predicted molar refractivity (Wildman–Crippen MR) is 60.3 cm³/mol. The van der Waals surface area contributed by atoms with Crippen molar-refractivity contribution in [3.8, 4) is 0 Å². The first-order valence-electron chi connectivity index (χ1n) is 5.56. The lowest BCUT2D eigenvalue weighted by atomic mass is 10.4. The molecule has 1 aliphatic rings. The van der Waals surface area contributed by atoms with E-state index >= 15 is 0 Å². The Balaban J connectivity index is 2.05. The molecule has 0 spiro atoms. The summed E-state index contributed by atoms with van der Waals surface area (Å²) in [4.78, 5) is 4.00. The average Bonchev–Trinajstić information content (AvgIpc) is 2.86. The Morgan fingerprint density at radius 3 is 2.59 bits per heavy atom. The van der Waals surface area contributed by atoms with Gasteiger partial charge in [-0.1, -0.05) is 5.16 Å². The highest BCUT2D eigenvalue weighted by Gasteiger charge is 2.28. The number of hydrogen-bond acceptors (Lipinski definition) is 5. The molecule has 1 saturated heterocycles. The second kappa shape index (κ2) is 4.71. The van der Waals surface area contributed by atoms with Gasteiger partial charge in [-0.15, -0.1) is 0 Å². The van der Waals surface area contributed by atoms with Crippen molar-refractivity contribution < 1.29 is 12.9 Å². The van der Waals surface area contributed by atoms with Gasteiger partial charge < -0.3 is 4.52 Å². The Hall–Kier alpha value is -0.990. The van der Waals surface area contributed by atoms with Crippen LogP contribution in [0, 0.1) is 6.92 Å². The zero-order valence-electron chi connectivity index (χ0n) is 9.88. The highest BCUT2D eigenvalue weighted by molar-refractivity contribution is 7.87. The Labute approximate surface area is 100 Å². The van der Waals surface area contributed by atoms with Gasteiger partial charge in [0.2, 0.25) is 5.89 Å². The maximum Gasteiger partial charge on any atom is 0.280 e. The summed E-state index contributed by atoms with van der Waals surface area (Å²) in [7, 11) is -3.44. The molecule has 2 heterocycles. The number of rotatable bonds is 4. The maximum absolute atomic E-state index is 11.9. The van der Waals surface area contributed by atoms with Crippen LogP contribution in [-0.4, -0.2) is 36.0 Å². The smallest absolute Gasteiger partial charge is 0.280 e. The van der Waals surface area contributed by atoms with Crippen molar-refractivity contribution in [2.75, 3.05) is 13.1 Å². The lowest BCUT2D eigenvalue weighted by Crippen LogP contribution is -2.40. The SMILES string of the molecule is Cc1noc(C(C)NS(=O)(=O)N2CCCC2)n1. The van der Waals surface area contributed by atoms with Crippen LogP contribution in [0.15, 0.2) is 4.52 Å². The lowest BCUT2D eigenvalue weighted by molar-refractivity contribution is 0.347. The van der Waals surface area contributed by atoms with Crippen molar-refractivity contribution in [2.45, 2.75) is 32.7 Å². The summed E-state index contributed by atoms with van der Waals surface area (Å²) in [6.45, 7) is 4.52. The first-order chi connectivity index (χ1) is 7.99. The van der Waals surface area contributed by atoms with Crippen LogP contribution < -0.4 is 4.72 Å². The van der Waals surface area contributed by atoms with Crippen LogP contribution in [0.4, 0.5) is 0 Å². The van der Waals surface area contributed by atoms with Crippen molar-refractivity contribution in [1.82, 2.24) is 19.2 Å². The molecular weight excluding hydrogens is 244 g/mol. The Morgan fingerprint density at radius 1 is 1.41 bits per heavy atom. The van der Waals surface area contributed by atoms with Crippen LogP contribution in [0.3, 0.4) is 0 Å². The van der Waals surface area contributed by atoms with Crippen molar-refractivity contribution >= 4 is 10.2 Å². The van der Waals surface area contributed by atoms with Crippen LogP contribution in [0.1, 0.15) is 37.5 Å². The molecule has 0 saturated carbocycles. The second-order valence-corrected chi connectivity index (χ2v) is 5.83. The van der Waals surface area contributed by atoms with Crippen LogP contribution in [0.5, 0.6) is 0 Å². The minimum absolute atomic E-state index is 0.283. The monoisotopic (exact) mass is 260 g/mol. The molecule has 1 atom stereocenters. The molecule has 1 N–H and O–H groups in total. The van der Waals surface area contributed by atoms with E-state index in [1.807, 2.05) is 0 Å². The normalized spacial score (nSPS) is 19.6. The molecule has 8 heteroatoms. The van der Waals surface area contributed by atoms with Crippen molar-refractivity contribution in [1.29, 1.82) is 0 Å². The van der Waals surface area contributed by atoms with E-state index in [0.29, 0.717) is 18.9 Å². The molecule has 0 aliphatic carbocycles. The number of nitrogens with zero attached hydrogens (tertiary/aromatic N) is 3. The van der Waals surface area contributed by atoms with Crippen LogP contribution in [-0.2, 0) is 10.2 Å². The summed E-state index contributed by atoms with van der Waals surface area (Å²) in [5.74, 6) is 0.775. The van der Waals surface area contributed by atoms with Gasteiger partial charge in [0.15, 0.2) is 5.82 Å². The third-order valence-electron chi connectivity index (χ3n) is 2.64. The molecule has 0 aromatic carbocycles. The van der Waals surface area contributed by atoms with E-state index in [-0.39, 0.29) is 5.89 Å². The van der Waals surface area contributed by atoms with Gasteiger partial charge in [0.25, 0.3) is 10.2 Å². The summed E-state index contributed by atoms with van der Waals surface area (Å²) in [5.41, 5.74) is 0. The molecule has 0 radical (unpaired) electrons. The van der Waals surface area contributed by atoms with E-state index in [1.54, 1.807) is 13.8 Å². The summed E-state index contributed by atoms with van der Waals surface area (Å²) in [6.07, 6.45) is 1.82. The third kappa shape index (κ3) is 2.82. The number of hydrogen-bond donors (Lipinski definition) is 1. The summed E-state index contributed by atoms with van der Waals surface area (Å²) >= 11 is 0. The Bertz CT molecular complexity index is 478. The molecule has 1 aromatic rings. The molecule has 1 fully saturated rings. The first kappa shape index (κ1) is 12.5. The highest BCUT2D eigenvalue weighted by atomic mass is 32.2. The van der Waals surface area contributed by atoms with Gasteiger partial charge >= 0.3 is 0 Å². The van der Waals surface area contributed by atoms with Gasteiger partial charge in [-0.05, 0) is 26.7 Å². The molecule has 1 aromatic heterocycles. The molecule has 17 heavy (non-hydrogen) atoms. The van der Waals surface area contributed by atoms with E-state index in [1.165, 1.54) is 4.31 Å². The van der Waals surface area contributed by atoms with Crippen molar-refractivity contribution in [3.63, 3.8) is 0 Å². The molecule has 1 unspecified atom stereocenters. The minimum Gasteiger partial charge on any atom is -0.338 e. The van der Waals surface area contributed by atoms with Crippen LogP contribution in [0.25, 0.3) is 0 Å². The molecule has 0 bridgehead atoms. The van der Waals surface area contributed by atoms with E-state index in [4.69, 9.17) is 4.52 Å². The van der Waals surface area contributed by atoms with Gasteiger partial charge in [-0.2, -0.15) is 22.4 Å². The van der Waals surface area contributed by atoms with Gasteiger partial charge in [-0.3, -0.25) is 0 Å². The van der Waals surface area contributed by atoms with E-state index in [0.717, 1.165) is 12.8 Å². The third-order valence-corrected chi connectivity index (χ3v) is 4.34. The van der Waals surface area contributed by atoms with E-state index in [9.17, 15) is 8.42 Å². The average molecular weight is 260 g/mol. The predicted octanol–water partition coefficient (Wildman–Crippen LogP) is 0.369. The Morgan fingerprint density at radius 2 is 2.06 bits per heavy atom. The standard InChI is InChI=1S/C9H16N4O3S/c1-7(9-10-8(2)11-16-9)12-17(14,15)13-5-3-4-6-13/h7,12H,3-6H2,1-2H3. The molecule has 7 nitrogen and oxygen atoms in total. The van der Waals surface area contributed by atoms with Crippen molar-refractivity contribution in [2.24, 2.45) is 0 Å². The summed E-state index contributed by atoms with van der Waals surface area (Å²) in [5, 5.41) is 3.63. The largest absolute Gasteiger partial charge is 0.338 e. The van der Waals surface area contributed by atoms with Gasteiger partial charge in [0, 0.05) is 13.1 Å². The summed E-state index contributed by atoms with van der Waals surface area (Å²) in [6, 6.07) is -0.512. The minimum atomic E-state index is -3.44. The fraction of sp³-hybridized carbons (Fsp3) is 0.778. The van der Waals surface area contributed by atoms with Gasteiger partial charge in [0.05, 0.1) is 6.04 Å². The quantitative estimate of drug-likeness (QED) is 0.845.